The van der Waals surface area contributed by atoms with Gasteiger partial charge in [0, 0.05) is 12.4 Å². The molecule has 0 radical (unpaired) electrons. The van der Waals surface area contributed by atoms with E-state index in [4.69, 9.17) is 0 Å². The van der Waals surface area contributed by atoms with Gasteiger partial charge in [-0.2, -0.15) is 0 Å². The maximum absolute atomic E-state index is 3.85. The van der Waals surface area contributed by atoms with Crippen molar-refractivity contribution in [3.8, 4) is 0 Å². The first-order valence-electron chi connectivity index (χ1n) is 3.61. The zero-order valence-corrected chi connectivity index (χ0v) is 7.30. The van der Waals surface area contributed by atoms with Crippen LogP contribution in [0.25, 0.3) is 0 Å². The number of hydrogen-bond acceptors (Lipinski definition) is 1. The lowest BCUT2D eigenvalue weighted by Gasteiger charge is -1.96. The average molecular weight is 149 g/mol. The summed E-state index contributed by atoms with van der Waals surface area (Å²) >= 11 is 0. The summed E-state index contributed by atoms with van der Waals surface area (Å²) in [5.74, 6) is 0. The lowest BCUT2D eigenvalue weighted by Crippen LogP contribution is -1.78. The molecule has 0 aliphatic rings. The van der Waals surface area contributed by atoms with Crippen molar-refractivity contribution in [1.82, 2.24) is 0 Å². The molecule has 0 unspecified atom stereocenters. The normalized spacial score (nSPS) is 12.0. The van der Waals surface area contributed by atoms with Gasteiger partial charge in [0.15, 0.2) is 0 Å². The molecule has 0 fully saturated rings. The van der Waals surface area contributed by atoms with Gasteiger partial charge in [0.1, 0.15) is 0 Å². The Morgan fingerprint density at radius 2 is 2.09 bits per heavy atom. The molecule has 1 heteroatoms. The minimum Gasteiger partial charge on any atom is -0.265 e. The molecule has 1 nitrogen and oxygen atoms in total. The van der Waals surface area contributed by atoms with Gasteiger partial charge in [0.25, 0.3) is 0 Å². The number of nitrogens with zero attached hydrogens (tertiary/aromatic N) is 1. The van der Waals surface area contributed by atoms with E-state index in [9.17, 15) is 0 Å². The molecule has 0 aromatic heterocycles. The molecule has 0 spiro atoms. The summed E-state index contributed by atoms with van der Waals surface area (Å²) < 4.78 is 0. The fourth-order valence-electron chi connectivity index (χ4n) is 0.766. The first kappa shape index (κ1) is 9.89. The smallest absolute Gasteiger partial charge is 0.0267 e. The minimum absolute atomic E-state index is 0.948. The maximum atomic E-state index is 3.85. The van der Waals surface area contributed by atoms with E-state index in [1.807, 2.05) is 13.0 Å². The molecular weight excluding hydrogens is 134 g/mol. The first-order valence-corrected chi connectivity index (χ1v) is 3.61. The molecule has 0 saturated carbocycles. The fraction of sp³-hybridized carbons (Fsp3) is 0.300. The predicted molar refractivity (Wildman–Crippen MR) is 51.9 cm³/mol. The third kappa shape index (κ3) is 6.78. The molecule has 0 aliphatic carbocycles. The summed E-state index contributed by atoms with van der Waals surface area (Å²) in [6.07, 6.45) is 6.18. The second kappa shape index (κ2) is 5.66. The molecule has 0 aromatic rings. The molecule has 0 amide bonds. The van der Waals surface area contributed by atoms with Crippen molar-refractivity contribution >= 4 is 6.21 Å². The molecule has 0 aromatic carbocycles. The van der Waals surface area contributed by atoms with Gasteiger partial charge in [-0.3, -0.25) is 4.99 Å². The van der Waals surface area contributed by atoms with Crippen molar-refractivity contribution in [2.24, 2.45) is 4.99 Å². The summed E-state index contributed by atoms with van der Waals surface area (Å²) in [5, 5.41) is 0. The van der Waals surface area contributed by atoms with Crippen LogP contribution in [0, 0.1) is 0 Å². The number of hydrogen-bond donors (Lipinski definition) is 0. The molecule has 0 bridgehead atoms. The number of rotatable bonds is 4. The van der Waals surface area contributed by atoms with Crippen molar-refractivity contribution in [2.45, 2.75) is 20.3 Å². The lowest BCUT2D eigenvalue weighted by atomic mass is 10.1. The van der Waals surface area contributed by atoms with Crippen LogP contribution in [0.1, 0.15) is 20.3 Å². The highest BCUT2D eigenvalue weighted by molar-refractivity contribution is 5.72. The van der Waals surface area contributed by atoms with Crippen molar-refractivity contribution in [1.29, 1.82) is 0 Å². The molecular formula is C10H15N. The SMILES string of the molecule is C=CN=C/C=C(\C)CC(=C)C. The highest BCUT2D eigenvalue weighted by Crippen LogP contribution is 2.05. The van der Waals surface area contributed by atoms with Crippen LogP contribution in [0.4, 0.5) is 0 Å². The molecule has 0 atom stereocenters. The zero-order valence-electron chi connectivity index (χ0n) is 7.30. The fourth-order valence-corrected chi connectivity index (χ4v) is 0.766. The Hall–Kier alpha value is -1.11. The Morgan fingerprint density at radius 3 is 2.55 bits per heavy atom. The average Bonchev–Trinajstić information content (AvgIpc) is 1.86. The van der Waals surface area contributed by atoms with Crippen LogP contribution >= 0.6 is 0 Å². The van der Waals surface area contributed by atoms with Crippen molar-refractivity contribution in [3.63, 3.8) is 0 Å². The highest BCUT2D eigenvalue weighted by atomic mass is 14.6. The predicted octanol–water partition coefficient (Wildman–Crippen LogP) is 3.11. The third-order valence-corrected chi connectivity index (χ3v) is 1.13. The Morgan fingerprint density at radius 1 is 1.45 bits per heavy atom. The van der Waals surface area contributed by atoms with Crippen LogP contribution < -0.4 is 0 Å². The molecule has 11 heavy (non-hydrogen) atoms. The molecule has 0 saturated heterocycles. The van der Waals surface area contributed by atoms with E-state index < -0.39 is 0 Å². The number of aliphatic imine (C=N–C) groups is 1. The van der Waals surface area contributed by atoms with Gasteiger partial charge in [-0.25, -0.2) is 0 Å². The third-order valence-electron chi connectivity index (χ3n) is 1.13. The van der Waals surface area contributed by atoms with Gasteiger partial charge in [-0.05, 0) is 26.3 Å². The largest absolute Gasteiger partial charge is 0.265 e. The quantitative estimate of drug-likeness (QED) is 0.430. The van der Waals surface area contributed by atoms with Crippen LogP contribution in [-0.4, -0.2) is 6.21 Å². The summed E-state index contributed by atoms with van der Waals surface area (Å²) in [6.45, 7) is 11.4. The minimum atomic E-state index is 0.948. The van der Waals surface area contributed by atoms with Gasteiger partial charge in [0.2, 0.25) is 0 Å². The van der Waals surface area contributed by atoms with Crippen LogP contribution in [0.3, 0.4) is 0 Å². The highest BCUT2D eigenvalue weighted by Gasteiger charge is 1.86. The van der Waals surface area contributed by atoms with Gasteiger partial charge in [-0.15, -0.1) is 0 Å². The summed E-state index contributed by atoms with van der Waals surface area (Å²) in [6, 6.07) is 0. The van der Waals surface area contributed by atoms with Crippen molar-refractivity contribution in [2.75, 3.05) is 0 Å². The summed E-state index contributed by atoms with van der Waals surface area (Å²) in [4.78, 5) is 3.85. The zero-order chi connectivity index (χ0) is 8.69. The second-order valence-corrected chi connectivity index (χ2v) is 2.63. The van der Waals surface area contributed by atoms with E-state index in [0.29, 0.717) is 0 Å². The second-order valence-electron chi connectivity index (χ2n) is 2.63. The van der Waals surface area contributed by atoms with Crippen LogP contribution in [0.15, 0.2) is 41.6 Å². The van der Waals surface area contributed by atoms with Gasteiger partial charge in [0.05, 0.1) is 0 Å². The van der Waals surface area contributed by atoms with Crippen molar-refractivity contribution in [3.05, 3.63) is 36.6 Å². The Balaban J connectivity index is 3.90. The van der Waals surface area contributed by atoms with E-state index in [0.717, 1.165) is 6.42 Å². The topological polar surface area (TPSA) is 12.4 Å². The standard InChI is InChI=1S/C10H15N/c1-5-11-7-6-10(4)8-9(2)3/h5-7H,1-2,8H2,3-4H3/b10-6+,11-7?. The summed E-state index contributed by atoms with van der Waals surface area (Å²) in [5.41, 5.74) is 2.44. The van der Waals surface area contributed by atoms with Gasteiger partial charge < -0.3 is 0 Å². The lowest BCUT2D eigenvalue weighted by molar-refractivity contribution is 1.12. The van der Waals surface area contributed by atoms with E-state index in [2.05, 4.69) is 25.1 Å². The van der Waals surface area contributed by atoms with E-state index in [1.165, 1.54) is 17.3 Å². The summed E-state index contributed by atoms with van der Waals surface area (Å²) in [7, 11) is 0. The monoisotopic (exact) mass is 149 g/mol. The molecule has 0 heterocycles. The van der Waals surface area contributed by atoms with Crippen LogP contribution in [0.5, 0.6) is 0 Å². The van der Waals surface area contributed by atoms with E-state index in [1.54, 1.807) is 6.21 Å². The Bertz CT molecular complexity index is 197. The van der Waals surface area contributed by atoms with Crippen molar-refractivity contribution < 1.29 is 0 Å². The molecule has 60 valence electrons. The van der Waals surface area contributed by atoms with Gasteiger partial charge in [-0.1, -0.05) is 24.3 Å². The Labute approximate surface area is 68.9 Å². The van der Waals surface area contributed by atoms with E-state index >= 15 is 0 Å². The van der Waals surface area contributed by atoms with E-state index in [-0.39, 0.29) is 0 Å². The Kier molecular flexibility index (Phi) is 5.09. The molecule has 0 aliphatic heterocycles. The molecule has 0 N–H and O–H groups in total. The number of allylic oxidation sites excluding steroid dienone is 3. The molecule has 0 rings (SSSR count). The first-order chi connectivity index (χ1) is 5.16. The van der Waals surface area contributed by atoms with Crippen LogP contribution in [0.2, 0.25) is 0 Å². The van der Waals surface area contributed by atoms with Gasteiger partial charge >= 0.3 is 0 Å². The van der Waals surface area contributed by atoms with Crippen LogP contribution in [-0.2, 0) is 0 Å². The maximum Gasteiger partial charge on any atom is 0.0267 e.